The van der Waals surface area contributed by atoms with Crippen LogP contribution in [0.5, 0.6) is 0 Å². The summed E-state index contributed by atoms with van der Waals surface area (Å²) in [7, 11) is 0. The largest absolute Gasteiger partial charge is 0.378 e. The molecule has 0 amide bonds. The van der Waals surface area contributed by atoms with E-state index in [1.807, 2.05) is 0 Å². The van der Waals surface area contributed by atoms with Crippen LogP contribution >= 0.6 is 11.6 Å². The first-order chi connectivity index (χ1) is 8.18. The molecule has 5 heteroatoms. The first kappa shape index (κ1) is 12.5. The third-order valence-electron chi connectivity index (χ3n) is 2.71. The second-order valence-electron chi connectivity index (χ2n) is 3.94. The quantitative estimate of drug-likeness (QED) is 0.894. The van der Waals surface area contributed by atoms with Gasteiger partial charge in [0.1, 0.15) is 5.82 Å². The van der Waals surface area contributed by atoms with Gasteiger partial charge in [-0.1, -0.05) is 23.7 Å². The highest BCUT2D eigenvalue weighted by atomic mass is 35.5. The molecule has 1 heterocycles. The van der Waals surface area contributed by atoms with Gasteiger partial charge in [0.2, 0.25) is 0 Å². The van der Waals surface area contributed by atoms with Gasteiger partial charge in [0, 0.05) is 13.0 Å². The zero-order chi connectivity index (χ0) is 12.3. The fourth-order valence-corrected chi connectivity index (χ4v) is 1.96. The number of Topliss-reactive ketones (excluding diaryl/α,β-unsaturated/α-hetero) is 1. The van der Waals surface area contributed by atoms with Gasteiger partial charge < -0.3 is 10.1 Å². The fourth-order valence-electron chi connectivity index (χ4n) is 1.77. The van der Waals surface area contributed by atoms with Crippen LogP contribution in [0, 0.1) is 5.82 Å². The van der Waals surface area contributed by atoms with Gasteiger partial charge in [-0.3, -0.25) is 4.79 Å². The Morgan fingerprint density at radius 1 is 1.59 bits per heavy atom. The molecule has 0 spiro atoms. The van der Waals surface area contributed by atoms with Crippen molar-refractivity contribution in [1.82, 2.24) is 5.32 Å². The summed E-state index contributed by atoms with van der Waals surface area (Å²) in [4.78, 5) is 11.9. The first-order valence-corrected chi connectivity index (χ1v) is 5.83. The maximum atomic E-state index is 13.2. The van der Waals surface area contributed by atoms with E-state index < -0.39 is 5.82 Å². The van der Waals surface area contributed by atoms with Crippen LogP contribution in [0.2, 0.25) is 5.02 Å². The summed E-state index contributed by atoms with van der Waals surface area (Å²) in [5.74, 6) is -0.526. The minimum absolute atomic E-state index is 0.0255. The van der Waals surface area contributed by atoms with Crippen molar-refractivity contribution >= 4 is 17.4 Å². The maximum absolute atomic E-state index is 13.2. The van der Waals surface area contributed by atoms with Crippen LogP contribution in [-0.4, -0.2) is 31.6 Å². The highest BCUT2D eigenvalue weighted by Gasteiger charge is 2.22. The van der Waals surface area contributed by atoms with Gasteiger partial charge in [-0.15, -0.1) is 0 Å². The van der Waals surface area contributed by atoms with E-state index in [4.69, 9.17) is 16.3 Å². The van der Waals surface area contributed by atoms with E-state index in [0.717, 1.165) is 0 Å². The minimum Gasteiger partial charge on any atom is -0.378 e. The van der Waals surface area contributed by atoms with Gasteiger partial charge in [-0.2, -0.15) is 0 Å². The van der Waals surface area contributed by atoms with Gasteiger partial charge in [-0.05, 0) is 11.6 Å². The van der Waals surface area contributed by atoms with Crippen LogP contribution in [0.25, 0.3) is 0 Å². The molecule has 1 atom stereocenters. The molecule has 1 aromatic carbocycles. The molecule has 0 bridgehead atoms. The van der Waals surface area contributed by atoms with Gasteiger partial charge in [0.15, 0.2) is 5.78 Å². The second-order valence-corrected chi connectivity index (χ2v) is 4.32. The van der Waals surface area contributed by atoms with Crippen molar-refractivity contribution in [3.63, 3.8) is 0 Å². The number of morpholine rings is 1. The average Bonchev–Trinajstić information content (AvgIpc) is 2.36. The topological polar surface area (TPSA) is 38.3 Å². The summed E-state index contributed by atoms with van der Waals surface area (Å²) < 4.78 is 18.4. The lowest BCUT2D eigenvalue weighted by atomic mass is 10.0. The number of benzene rings is 1. The second kappa shape index (κ2) is 5.58. The number of halogens is 2. The van der Waals surface area contributed by atoms with Crippen molar-refractivity contribution in [3.8, 4) is 0 Å². The van der Waals surface area contributed by atoms with Crippen molar-refractivity contribution in [2.75, 3.05) is 19.8 Å². The van der Waals surface area contributed by atoms with Crippen LogP contribution in [0.15, 0.2) is 18.2 Å². The monoisotopic (exact) mass is 257 g/mol. The van der Waals surface area contributed by atoms with Crippen molar-refractivity contribution < 1.29 is 13.9 Å². The normalized spacial score (nSPS) is 20.2. The molecular weight excluding hydrogens is 245 g/mol. The van der Waals surface area contributed by atoms with Crippen molar-refractivity contribution in [2.24, 2.45) is 0 Å². The maximum Gasteiger partial charge on any atom is 0.156 e. The minimum atomic E-state index is -0.496. The summed E-state index contributed by atoms with van der Waals surface area (Å²) >= 11 is 5.80. The summed E-state index contributed by atoms with van der Waals surface area (Å²) in [6.45, 7) is 1.64. The molecule has 1 aliphatic heterocycles. The molecule has 92 valence electrons. The summed E-state index contributed by atoms with van der Waals surface area (Å²) in [5.41, 5.74) is 0.518. The van der Waals surface area contributed by atoms with Gasteiger partial charge in [0.05, 0.1) is 24.3 Å². The van der Waals surface area contributed by atoms with E-state index in [2.05, 4.69) is 5.32 Å². The molecule has 0 aliphatic carbocycles. The van der Waals surface area contributed by atoms with Crippen molar-refractivity contribution in [1.29, 1.82) is 0 Å². The number of carbonyl (C=O) groups excluding carboxylic acids is 1. The lowest BCUT2D eigenvalue weighted by Crippen LogP contribution is -2.47. The zero-order valence-electron chi connectivity index (χ0n) is 9.21. The molecule has 2 rings (SSSR count). The van der Waals surface area contributed by atoms with Crippen molar-refractivity contribution in [2.45, 2.75) is 12.5 Å². The van der Waals surface area contributed by atoms with Gasteiger partial charge in [0.25, 0.3) is 0 Å². The number of hydrogen-bond donors (Lipinski definition) is 1. The Bertz CT molecular complexity index is 419. The van der Waals surface area contributed by atoms with E-state index in [-0.39, 0.29) is 23.3 Å². The first-order valence-electron chi connectivity index (χ1n) is 5.45. The number of rotatable bonds is 3. The Morgan fingerprint density at radius 3 is 3.12 bits per heavy atom. The van der Waals surface area contributed by atoms with E-state index in [0.29, 0.717) is 25.3 Å². The number of nitrogens with one attached hydrogen (secondary N) is 1. The molecule has 1 aromatic rings. The van der Waals surface area contributed by atoms with Gasteiger partial charge >= 0.3 is 0 Å². The van der Waals surface area contributed by atoms with Crippen LogP contribution in [-0.2, 0) is 16.0 Å². The average molecular weight is 258 g/mol. The summed E-state index contributed by atoms with van der Waals surface area (Å²) in [5, 5.41) is 3.09. The molecule has 1 N–H and O–H groups in total. The third kappa shape index (κ3) is 3.03. The van der Waals surface area contributed by atoms with E-state index in [9.17, 15) is 9.18 Å². The highest BCUT2D eigenvalue weighted by Crippen LogP contribution is 2.20. The Balaban J connectivity index is 2.04. The molecule has 3 nitrogen and oxygen atoms in total. The number of ether oxygens (including phenoxy) is 1. The van der Waals surface area contributed by atoms with Gasteiger partial charge in [-0.25, -0.2) is 4.39 Å². The Kier molecular flexibility index (Phi) is 4.10. The number of hydrogen-bond acceptors (Lipinski definition) is 3. The Hall–Kier alpha value is -0.970. The molecule has 1 saturated heterocycles. The Labute approximate surface area is 104 Å². The predicted octanol–water partition coefficient (Wildman–Crippen LogP) is 1.58. The smallest absolute Gasteiger partial charge is 0.156 e. The molecule has 0 radical (unpaired) electrons. The predicted molar refractivity (Wildman–Crippen MR) is 62.7 cm³/mol. The van der Waals surface area contributed by atoms with E-state index in [1.165, 1.54) is 6.07 Å². The SMILES string of the molecule is O=C(Cc1cccc(F)c1Cl)C1COCCN1. The van der Waals surface area contributed by atoms with Crippen molar-refractivity contribution in [3.05, 3.63) is 34.6 Å². The number of carbonyl (C=O) groups is 1. The lowest BCUT2D eigenvalue weighted by molar-refractivity contribution is -0.123. The zero-order valence-corrected chi connectivity index (χ0v) is 9.97. The summed E-state index contributed by atoms with van der Waals surface area (Å²) in [6, 6.07) is 4.17. The van der Waals surface area contributed by atoms with E-state index in [1.54, 1.807) is 12.1 Å². The summed E-state index contributed by atoms with van der Waals surface area (Å²) in [6.07, 6.45) is 0.123. The standard InChI is InChI=1S/C12H13ClFNO2/c13-12-8(2-1-3-9(12)14)6-11(16)10-7-17-5-4-15-10/h1-3,10,15H,4-7H2. The Morgan fingerprint density at radius 2 is 2.41 bits per heavy atom. The molecule has 1 fully saturated rings. The van der Waals surface area contributed by atoms with Crippen LogP contribution in [0.4, 0.5) is 4.39 Å². The van der Waals surface area contributed by atoms with E-state index >= 15 is 0 Å². The highest BCUT2D eigenvalue weighted by molar-refractivity contribution is 6.31. The molecule has 0 aromatic heterocycles. The van der Waals surface area contributed by atoms with Crippen LogP contribution in [0.3, 0.4) is 0 Å². The third-order valence-corrected chi connectivity index (χ3v) is 3.13. The molecule has 1 unspecified atom stereocenters. The number of ketones is 1. The molecule has 0 saturated carbocycles. The molecule has 17 heavy (non-hydrogen) atoms. The lowest BCUT2D eigenvalue weighted by Gasteiger charge is -2.22. The molecular formula is C12H13ClFNO2. The fraction of sp³-hybridized carbons (Fsp3) is 0.417. The van der Waals surface area contributed by atoms with Crippen LogP contribution < -0.4 is 5.32 Å². The van der Waals surface area contributed by atoms with Crippen LogP contribution in [0.1, 0.15) is 5.56 Å². The molecule has 1 aliphatic rings.